The Labute approximate surface area is 129 Å². The maximum Gasteiger partial charge on any atom is 0.221 e. The molecule has 0 bridgehead atoms. The lowest BCUT2D eigenvalue weighted by atomic mass is 10.2. The summed E-state index contributed by atoms with van der Waals surface area (Å²) in [6.45, 7) is 1.85. The summed E-state index contributed by atoms with van der Waals surface area (Å²) < 4.78 is 0. The van der Waals surface area contributed by atoms with Gasteiger partial charge in [0.05, 0.1) is 0 Å². The molecule has 2 rings (SSSR count). The van der Waals surface area contributed by atoms with E-state index in [4.69, 9.17) is 11.6 Å². The molecule has 4 nitrogen and oxygen atoms in total. The molecule has 1 amide bonds. The number of carbonyl (C=O) groups excluding carboxylic acids is 1. The molecule has 0 atom stereocenters. The van der Waals surface area contributed by atoms with Crippen molar-refractivity contribution in [2.45, 2.75) is 19.5 Å². The molecule has 21 heavy (non-hydrogen) atoms. The third-order valence-corrected chi connectivity index (χ3v) is 3.19. The summed E-state index contributed by atoms with van der Waals surface area (Å²) >= 11 is 5.91. The summed E-state index contributed by atoms with van der Waals surface area (Å²) in [6, 6.07) is 11.5. The van der Waals surface area contributed by atoms with Gasteiger partial charge < -0.3 is 10.6 Å². The van der Waals surface area contributed by atoms with Crippen molar-refractivity contribution in [3.63, 3.8) is 0 Å². The predicted molar refractivity (Wildman–Crippen MR) is 83.9 cm³/mol. The van der Waals surface area contributed by atoms with Crippen LogP contribution in [-0.4, -0.2) is 17.4 Å². The van der Waals surface area contributed by atoms with Crippen LogP contribution in [0.3, 0.4) is 0 Å². The second-order valence-electron chi connectivity index (χ2n) is 4.69. The van der Waals surface area contributed by atoms with Gasteiger partial charge in [0.15, 0.2) is 0 Å². The molecule has 0 aliphatic rings. The number of benzene rings is 1. The first-order valence-corrected chi connectivity index (χ1v) is 7.22. The summed E-state index contributed by atoms with van der Waals surface area (Å²) in [4.78, 5) is 15.7. The van der Waals surface area contributed by atoms with Crippen LogP contribution in [-0.2, 0) is 17.9 Å². The molecule has 0 radical (unpaired) electrons. The Bertz CT molecular complexity index is 575. The number of carbonyl (C=O) groups is 1. The molecule has 1 aromatic heterocycles. The van der Waals surface area contributed by atoms with Crippen molar-refractivity contribution in [1.82, 2.24) is 15.6 Å². The molecular weight excluding hydrogens is 286 g/mol. The van der Waals surface area contributed by atoms with Gasteiger partial charge in [-0.25, -0.2) is 0 Å². The van der Waals surface area contributed by atoms with Crippen LogP contribution in [0.4, 0.5) is 0 Å². The minimum atomic E-state index is 0.0254. The van der Waals surface area contributed by atoms with E-state index in [0.717, 1.165) is 16.1 Å². The van der Waals surface area contributed by atoms with Crippen LogP contribution in [0.1, 0.15) is 17.5 Å². The molecule has 1 aromatic carbocycles. The third kappa shape index (κ3) is 5.94. The highest BCUT2D eigenvalue weighted by Crippen LogP contribution is 2.10. The van der Waals surface area contributed by atoms with Gasteiger partial charge in [0.1, 0.15) is 0 Å². The molecule has 0 aliphatic heterocycles. The highest BCUT2D eigenvalue weighted by Gasteiger charge is 2.01. The Morgan fingerprint density at radius 1 is 1.14 bits per heavy atom. The van der Waals surface area contributed by atoms with Gasteiger partial charge in [-0.1, -0.05) is 29.8 Å². The van der Waals surface area contributed by atoms with Crippen molar-refractivity contribution in [3.8, 4) is 0 Å². The molecule has 110 valence electrons. The van der Waals surface area contributed by atoms with Gasteiger partial charge in [-0.05, 0) is 29.3 Å². The van der Waals surface area contributed by atoms with E-state index in [0.29, 0.717) is 26.1 Å². The average molecular weight is 304 g/mol. The Morgan fingerprint density at radius 2 is 2.00 bits per heavy atom. The maximum absolute atomic E-state index is 11.7. The van der Waals surface area contributed by atoms with Crippen molar-refractivity contribution >= 4 is 17.5 Å². The highest BCUT2D eigenvalue weighted by molar-refractivity contribution is 6.30. The van der Waals surface area contributed by atoms with Gasteiger partial charge in [-0.3, -0.25) is 9.78 Å². The van der Waals surface area contributed by atoms with Crippen molar-refractivity contribution < 1.29 is 4.79 Å². The minimum Gasteiger partial charge on any atom is -0.352 e. The van der Waals surface area contributed by atoms with Gasteiger partial charge in [0, 0.05) is 43.5 Å². The van der Waals surface area contributed by atoms with Crippen LogP contribution in [0.2, 0.25) is 5.02 Å². The number of aromatic nitrogens is 1. The average Bonchev–Trinajstić information content (AvgIpc) is 2.51. The molecule has 0 saturated heterocycles. The lowest BCUT2D eigenvalue weighted by molar-refractivity contribution is -0.121. The number of nitrogens with one attached hydrogen (secondary N) is 2. The lowest BCUT2D eigenvalue weighted by Gasteiger charge is -2.07. The molecular formula is C16H18ClN3O. The van der Waals surface area contributed by atoms with Crippen LogP contribution >= 0.6 is 11.6 Å². The van der Waals surface area contributed by atoms with E-state index in [9.17, 15) is 4.79 Å². The molecule has 5 heteroatoms. The van der Waals surface area contributed by atoms with Gasteiger partial charge in [-0.2, -0.15) is 0 Å². The van der Waals surface area contributed by atoms with Crippen LogP contribution in [0.15, 0.2) is 48.8 Å². The number of pyridine rings is 1. The topological polar surface area (TPSA) is 54.0 Å². The number of rotatable bonds is 7. The second kappa shape index (κ2) is 8.39. The first-order valence-electron chi connectivity index (χ1n) is 6.85. The molecule has 0 saturated carbocycles. The fraction of sp³-hybridized carbons (Fsp3) is 0.250. The van der Waals surface area contributed by atoms with Gasteiger partial charge >= 0.3 is 0 Å². The standard InChI is InChI=1S/C16H18ClN3O/c17-15-5-1-3-13(9-15)10-19-8-6-16(21)20-12-14-4-2-7-18-11-14/h1-5,7,9,11,19H,6,8,10,12H2,(H,20,21). The van der Waals surface area contributed by atoms with E-state index in [1.165, 1.54) is 0 Å². The Morgan fingerprint density at radius 3 is 2.76 bits per heavy atom. The minimum absolute atomic E-state index is 0.0254. The monoisotopic (exact) mass is 303 g/mol. The molecule has 0 aliphatic carbocycles. The SMILES string of the molecule is O=C(CCNCc1cccc(Cl)c1)NCc1cccnc1. The van der Waals surface area contributed by atoms with Crippen molar-refractivity contribution in [2.24, 2.45) is 0 Å². The molecule has 0 fully saturated rings. The number of hydrogen-bond acceptors (Lipinski definition) is 3. The fourth-order valence-electron chi connectivity index (χ4n) is 1.87. The number of nitrogens with zero attached hydrogens (tertiary/aromatic N) is 1. The fourth-order valence-corrected chi connectivity index (χ4v) is 2.09. The predicted octanol–water partition coefficient (Wildman–Crippen LogP) is 2.53. The van der Waals surface area contributed by atoms with Crippen molar-refractivity contribution in [3.05, 3.63) is 64.9 Å². The Balaban J connectivity index is 1.61. The molecule has 2 aromatic rings. The van der Waals surface area contributed by atoms with E-state index in [1.54, 1.807) is 12.4 Å². The van der Waals surface area contributed by atoms with Gasteiger partial charge in [0.2, 0.25) is 5.91 Å². The summed E-state index contributed by atoms with van der Waals surface area (Å²) in [6.07, 6.45) is 3.91. The first-order chi connectivity index (χ1) is 10.2. The Kier molecular flexibility index (Phi) is 6.19. The molecule has 0 spiro atoms. The summed E-state index contributed by atoms with van der Waals surface area (Å²) in [5.41, 5.74) is 2.11. The number of amides is 1. The van der Waals surface area contributed by atoms with Crippen LogP contribution in [0, 0.1) is 0 Å². The second-order valence-corrected chi connectivity index (χ2v) is 5.13. The van der Waals surface area contributed by atoms with Crippen LogP contribution < -0.4 is 10.6 Å². The maximum atomic E-state index is 11.7. The summed E-state index contributed by atoms with van der Waals surface area (Å²) in [7, 11) is 0. The number of halogens is 1. The highest BCUT2D eigenvalue weighted by atomic mass is 35.5. The smallest absolute Gasteiger partial charge is 0.221 e. The largest absolute Gasteiger partial charge is 0.352 e. The van der Waals surface area contributed by atoms with Gasteiger partial charge in [0.25, 0.3) is 0 Å². The third-order valence-electron chi connectivity index (χ3n) is 2.96. The first kappa shape index (κ1) is 15.5. The lowest BCUT2D eigenvalue weighted by Crippen LogP contribution is -2.27. The van der Waals surface area contributed by atoms with E-state index in [1.807, 2.05) is 36.4 Å². The van der Waals surface area contributed by atoms with E-state index in [-0.39, 0.29) is 5.91 Å². The summed E-state index contributed by atoms with van der Waals surface area (Å²) in [5, 5.41) is 6.82. The van der Waals surface area contributed by atoms with Crippen molar-refractivity contribution in [1.29, 1.82) is 0 Å². The zero-order valence-electron chi connectivity index (χ0n) is 11.7. The molecule has 0 unspecified atom stereocenters. The molecule has 2 N–H and O–H groups in total. The summed E-state index contributed by atoms with van der Waals surface area (Å²) in [5.74, 6) is 0.0254. The molecule has 1 heterocycles. The van der Waals surface area contributed by atoms with Crippen LogP contribution in [0.5, 0.6) is 0 Å². The number of hydrogen-bond donors (Lipinski definition) is 2. The normalized spacial score (nSPS) is 10.3. The van der Waals surface area contributed by atoms with E-state index >= 15 is 0 Å². The zero-order valence-corrected chi connectivity index (χ0v) is 12.4. The van der Waals surface area contributed by atoms with E-state index in [2.05, 4.69) is 15.6 Å². The van der Waals surface area contributed by atoms with E-state index < -0.39 is 0 Å². The Hall–Kier alpha value is -1.91. The zero-order chi connectivity index (χ0) is 14.9. The van der Waals surface area contributed by atoms with Gasteiger partial charge in [-0.15, -0.1) is 0 Å². The van der Waals surface area contributed by atoms with Crippen molar-refractivity contribution in [2.75, 3.05) is 6.54 Å². The quantitative estimate of drug-likeness (QED) is 0.773. The van der Waals surface area contributed by atoms with Crippen LogP contribution in [0.25, 0.3) is 0 Å².